The first-order valence-electron chi connectivity index (χ1n) is 10.4. The lowest BCUT2D eigenvalue weighted by Gasteiger charge is -2.29. The van der Waals surface area contributed by atoms with Crippen LogP contribution < -0.4 is 10.1 Å². The number of carbonyl (C=O) groups is 1. The molecule has 1 atom stereocenters. The van der Waals surface area contributed by atoms with E-state index in [4.69, 9.17) is 4.74 Å². The average molecular weight is 431 g/mol. The molecule has 1 amide bonds. The molecule has 0 aliphatic carbocycles. The van der Waals surface area contributed by atoms with Crippen molar-refractivity contribution in [1.29, 1.82) is 0 Å². The second kappa shape index (κ2) is 9.62. The molecule has 0 radical (unpaired) electrons. The number of aryl methyl sites for hydroxylation is 1. The van der Waals surface area contributed by atoms with Crippen LogP contribution in [0.25, 0.3) is 0 Å². The summed E-state index contributed by atoms with van der Waals surface area (Å²) in [6, 6.07) is 13.9. The van der Waals surface area contributed by atoms with Gasteiger partial charge in [-0.3, -0.25) is 4.79 Å². The molecule has 6 nitrogen and oxygen atoms in total. The minimum atomic E-state index is -3.50. The van der Waals surface area contributed by atoms with Crippen molar-refractivity contribution in [1.82, 2.24) is 4.31 Å². The van der Waals surface area contributed by atoms with Crippen LogP contribution in [0.5, 0.6) is 5.75 Å². The van der Waals surface area contributed by atoms with Crippen LogP contribution in [0.4, 0.5) is 5.69 Å². The summed E-state index contributed by atoms with van der Waals surface area (Å²) in [6.45, 7) is 7.07. The van der Waals surface area contributed by atoms with Crippen LogP contribution in [0.3, 0.4) is 0 Å². The normalized spacial score (nSPS) is 16.8. The molecule has 0 aromatic heterocycles. The number of ether oxygens (including phenoxy) is 1. The fraction of sp³-hybridized carbons (Fsp3) is 0.435. The Morgan fingerprint density at radius 2 is 1.77 bits per heavy atom. The van der Waals surface area contributed by atoms with Crippen molar-refractivity contribution in [2.75, 3.05) is 18.4 Å². The van der Waals surface area contributed by atoms with Crippen molar-refractivity contribution in [2.24, 2.45) is 5.92 Å². The second-order valence-corrected chi connectivity index (χ2v) is 9.82. The highest BCUT2D eigenvalue weighted by Crippen LogP contribution is 2.25. The Bertz CT molecular complexity index is 965. The number of piperidine rings is 1. The Labute approximate surface area is 179 Å². The first-order chi connectivity index (χ1) is 14.3. The minimum absolute atomic E-state index is 0.248. The summed E-state index contributed by atoms with van der Waals surface area (Å²) >= 11 is 0. The second-order valence-electron chi connectivity index (χ2n) is 7.88. The van der Waals surface area contributed by atoms with Gasteiger partial charge in [-0.2, -0.15) is 4.31 Å². The van der Waals surface area contributed by atoms with Gasteiger partial charge in [-0.05, 0) is 68.0 Å². The van der Waals surface area contributed by atoms with Gasteiger partial charge in [-0.1, -0.05) is 32.0 Å². The monoisotopic (exact) mass is 430 g/mol. The Hall–Kier alpha value is -2.38. The van der Waals surface area contributed by atoms with E-state index in [1.165, 1.54) is 0 Å². The first-order valence-corrected chi connectivity index (χ1v) is 11.9. The molecule has 1 N–H and O–H groups in total. The highest BCUT2D eigenvalue weighted by Gasteiger charge is 2.28. The van der Waals surface area contributed by atoms with Crippen LogP contribution >= 0.6 is 0 Å². The highest BCUT2D eigenvalue weighted by molar-refractivity contribution is 7.89. The maximum absolute atomic E-state index is 12.8. The number of hydrogen-bond donors (Lipinski definition) is 1. The van der Waals surface area contributed by atoms with Gasteiger partial charge >= 0.3 is 0 Å². The molecule has 0 saturated carbocycles. The molecule has 1 aliphatic rings. The Kier molecular flexibility index (Phi) is 7.15. The van der Waals surface area contributed by atoms with Crippen LogP contribution in [-0.2, 0) is 14.8 Å². The van der Waals surface area contributed by atoms with Gasteiger partial charge < -0.3 is 10.1 Å². The van der Waals surface area contributed by atoms with Crippen molar-refractivity contribution >= 4 is 21.6 Å². The van der Waals surface area contributed by atoms with E-state index < -0.39 is 16.1 Å². The largest absolute Gasteiger partial charge is 0.480 e. The third-order valence-electron chi connectivity index (χ3n) is 5.53. The van der Waals surface area contributed by atoms with E-state index in [1.807, 2.05) is 38.1 Å². The lowest BCUT2D eigenvalue weighted by Crippen LogP contribution is -2.37. The van der Waals surface area contributed by atoms with E-state index in [0.29, 0.717) is 36.9 Å². The van der Waals surface area contributed by atoms with E-state index >= 15 is 0 Å². The summed E-state index contributed by atoms with van der Waals surface area (Å²) in [6.07, 6.45) is 1.64. The zero-order valence-electron chi connectivity index (χ0n) is 17.8. The van der Waals surface area contributed by atoms with Gasteiger partial charge in [0, 0.05) is 18.8 Å². The summed E-state index contributed by atoms with van der Waals surface area (Å²) in [7, 11) is -3.50. The van der Waals surface area contributed by atoms with Crippen molar-refractivity contribution in [3.63, 3.8) is 0 Å². The van der Waals surface area contributed by atoms with Crippen LogP contribution in [0, 0.1) is 12.8 Å². The molecule has 0 bridgehead atoms. The molecular weight excluding hydrogens is 400 g/mol. The minimum Gasteiger partial charge on any atom is -0.480 e. The molecule has 0 spiro atoms. The zero-order valence-corrected chi connectivity index (χ0v) is 18.6. The summed E-state index contributed by atoms with van der Waals surface area (Å²) in [5.74, 6) is 0.973. The van der Waals surface area contributed by atoms with Crippen molar-refractivity contribution in [3.8, 4) is 5.75 Å². The van der Waals surface area contributed by atoms with Gasteiger partial charge in [0.25, 0.3) is 5.91 Å². The molecule has 1 saturated heterocycles. The Morgan fingerprint density at radius 3 is 2.37 bits per heavy atom. The summed E-state index contributed by atoms with van der Waals surface area (Å²) in [5, 5.41) is 2.82. The predicted molar refractivity (Wildman–Crippen MR) is 118 cm³/mol. The van der Waals surface area contributed by atoms with Gasteiger partial charge in [0.05, 0.1) is 4.90 Å². The first kappa shape index (κ1) is 22.3. The van der Waals surface area contributed by atoms with Gasteiger partial charge in [0.15, 0.2) is 6.10 Å². The maximum atomic E-state index is 12.8. The van der Waals surface area contributed by atoms with Crippen LogP contribution in [0.2, 0.25) is 0 Å². The molecule has 1 fully saturated rings. The quantitative estimate of drug-likeness (QED) is 0.714. The van der Waals surface area contributed by atoms with Gasteiger partial charge in [0.1, 0.15) is 5.75 Å². The van der Waals surface area contributed by atoms with E-state index in [9.17, 15) is 13.2 Å². The molecule has 2 aromatic rings. The standard InChI is InChI=1S/C23H30N2O4S/c1-4-21(29-22-8-6-5-7-18(22)3)23(26)24-19-9-11-20(12-10-19)30(27,28)25-15-13-17(2)14-16-25/h5-12,17,21H,4,13-16H2,1-3H3,(H,24,26). The SMILES string of the molecule is CCC(Oc1ccccc1C)C(=O)Nc1ccc(S(=O)(=O)N2CCC(C)CC2)cc1. The third-order valence-corrected chi connectivity index (χ3v) is 7.44. The summed E-state index contributed by atoms with van der Waals surface area (Å²) in [4.78, 5) is 12.9. The Morgan fingerprint density at radius 1 is 1.13 bits per heavy atom. The van der Waals surface area contributed by atoms with Crippen molar-refractivity contribution in [2.45, 2.75) is 51.0 Å². The van der Waals surface area contributed by atoms with Gasteiger partial charge in [0.2, 0.25) is 10.0 Å². The maximum Gasteiger partial charge on any atom is 0.265 e. The fourth-order valence-corrected chi connectivity index (χ4v) is 4.94. The fourth-order valence-electron chi connectivity index (χ4n) is 3.47. The average Bonchev–Trinajstić information content (AvgIpc) is 2.74. The Balaban J connectivity index is 1.65. The van der Waals surface area contributed by atoms with E-state index in [0.717, 1.165) is 18.4 Å². The molecule has 1 unspecified atom stereocenters. The number of nitrogens with one attached hydrogen (secondary N) is 1. The number of rotatable bonds is 7. The molecule has 2 aromatic carbocycles. The number of hydrogen-bond acceptors (Lipinski definition) is 4. The van der Waals surface area contributed by atoms with Crippen LogP contribution in [-0.4, -0.2) is 37.8 Å². The molecule has 3 rings (SSSR count). The molecule has 1 aliphatic heterocycles. The number of carbonyl (C=O) groups excluding carboxylic acids is 1. The number of anilines is 1. The lowest BCUT2D eigenvalue weighted by atomic mass is 10.0. The van der Waals surface area contributed by atoms with Crippen molar-refractivity contribution in [3.05, 3.63) is 54.1 Å². The van der Waals surface area contributed by atoms with Gasteiger partial charge in [-0.15, -0.1) is 0 Å². The number of sulfonamides is 1. The van der Waals surface area contributed by atoms with Crippen LogP contribution in [0.15, 0.2) is 53.4 Å². The zero-order chi connectivity index (χ0) is 21.7. The highest BCUT2D eigenvalue weighted by atomic mass is 32.2. The van der Waals surface area contributed by atoms with E-state index in [2.05, 4.69) is 12.2 Å². The number of amides is 1. The van der Waals surface area contributed by atoms with Gasteiger partial charge in [-0.25, -0.2) is 8.42 Å². The third kappa shape index (κ3) is 5.21. The number of nitrogens with zero attached hydrogens (tertiary/aromatic N) is 1. The molecular formula is C23H30N2O4S. The van der Waals surface area contributed by atoms with Crippen molar-refractivity contribution < 1.29 is 17.9 Å². The topological polar surface area (TPSA) is 75.7 Å². The van der Waals surface area contributed by atoms with Crippen LogP contribution in [0.1, 0.15) is 38.7 Å². The summed E-state index contributed by atoms with van der Waals surface area (Å²) in [5.41, 5.74) is 1.50. The predicted octanol–water partition coefficient (Wildman–Crippen LogP) is 4.21. The number of benzene rings is 2. The lowest BCUT2D eigenvalue weighted by molar-refractivity contribution is -0.122. The van der Waals surface area contributed by atoms with E-state index in [-0.39, 0.29) is 10.8 Å². The summed E-state index contributed by atoms with van der Waals surface area (Å²) < 4.78 is 33.1. The van der Waals surface area contributed by atoms with E-state index in [1.54, 1.807) is 28.6 Å². The molecule has 162 valence electrons. The molecule has 30 heavy (non-hydrogen) atoms. The smallest absolute Gasteiger partial charge is 0.265 e. The molecule has 1 heterocycles. The number of para-hydroxylation sites is 1. The molecule has 7 heteroatoms.